The Balaban J connectivity index is 4.11. The molecule has 0 fully saturated rings. The van der Waals surface area contributed by atoms with Crippen LogP contribution >= 0.6 is 0 Å². The molecule has 0 aliphatic carbocycles. The van der Waals surface area contributed by atoms with E-state index in [1.54, 1.807) is 13.8 Å². The van der Waals surface area contributed by atoms with E-state index >= 15 is 0 Å². The zero-order chi connectivity index (χ0) is 16.3. The maximum absolute atomic E-state index is 11.8. The molecule has 0 heterocycles. The summed E-state index contributed by atoms with van der Waals surface area (Å²) in [6.07, 6.45) is 1.78. The summed E-state index contributed by atoms with van der Waals surface area (Å²) in [5.41, 5.74) is 5.17. The molecule has 21 heavy (non-hydrogen) atoms. The fourth-order valence-electron chi connectivity index (χ4n) is 2.27. The van der Waals surface area contributed by atoms with E-state index in [2.05, 4.69) is 30.6 Å². The fraction of sp³-hybridized carbons (Fsp3) is 0.938. The minimum absolute atomic E-state index is 0.302. The van der Waals surface area contributed by atoms with E-state index in [0.29, 0.717) is 13.0 Å². The zero-order valence-electron chi connectivity index (χ0n) is 14.7. The predicted molar refractivity (Wildman–Crippen MR) is 88.4 cm³/mol. The summed E-state index contributed by atoms with van der Waals surface area (Å²) in [6.45, 7) is 16.7. The highest BCUT2D eigenvalue weighted by Gasteiger charge is 2.29. The normalized spacial score (nSPS) is 14.5. The van der Waals surface area contributed by atoms with Crippen LogP contribution in [0.5, 0.6) is 0 Å². The van der Waals surface area contributed by atoms with Gasteiger partial charge in [-0.15, -0.1) is 0 Å². The Hall–Kier alpha value is -0.650. The van der Waals surface area contributed by atoms with Crippen LogP contribution in [0.2, 0.25) is 0 Å². The van der Waals surface area contributed by atoms with E-state index in [4.69, 9.17) is 10.5 Å². The molecule has 0 spiro atoms. The molecule has 0 aromatic heterocycles. The third kappa shape index (κ3) is 8.39. The predicted octanol–water partition coefficient (Wildman–Crippen LogP) is 1.71. The third-order valence-corrected chi connectivity index (χ3v) is 3.98. The molecule has 0 aliphatic heterocycles. The molecule has 0 saturated carbocycles. The third-order valence-electron chi connectivity index (χ3n) is 3.98. The van der Waals surface area contributed by atoms with Crippen molar-refractivity contribution < 1.29 is 9.53 Å². The first-order chi connectivity index (χ1) is 9.91. The van der Waals surface area contributed by atoms with Gasteiger partial charge < -0.3 is 20.3 Å². The molecular formula is C16H35N3O2. The lowest BCUT2D eigenvalue weighted by atomic mass is 9.99. The Morgan fingerprint density at radius 1 is 1.00 bits per heavy atom. The van der Waals surface area contributed by atoms with Crippen LogP contribution in [-0.4, -0.2) is 67.2 Å². The molecule has 0 aromatic rings. The van der Waals surface area contributed by atoms with Gasteiger partial charge in [-0.25, -0.2) is 0 Å². The second-order valence-corrected chi connectivity index (χ2v) is 5.70. The van der Waals surface area contributed by atoms with E-state index in [1.165, 1.54) is 0 Å². The van der Waals surface area contributed by atoms with Crippen LogP contribution in [0.4, 0.5) is 0 Å². The maximum atomic E-state index is 11.8. The summed E-state index contributed by atoms with van der Waals surface area (Å²) < 4.78 is 5.03. The molecule has 2 N–H and O–H groups in total. The second-order valence-electron chi connectivity index (χ2n) is 5.70. The standard InChI is InChI=1S/C16H35N3O2/c1-6-18(7-2)12-10-13-19(8-3)14-11-16(5,17)15(20)21-9-4/h6-14,17H2,1-5H3. The zero-order valence-corrected chi connectivity index (χ0v) is 14.7. The number of carbonyl (C=O) groups excluding carboxylic acids is 1. The SMILES string of the molecule is CCOC(=O)C(C)(N)CCN(CC)CCCN(CC)CC. The highest BCUT2D eigenvalue weighted by molar-refractivity contribution is 5.79. The van der Waals surface area contributed by atoms with Crippen molar-refractivity contribution in [3.63, 3.8) is 0 Å². The monoisotopic (exact) mass is 301 g/mol. The molecule has 0 saturated heterocycles. The maximum Gasteiger partial charge on any atom is 0.325 e. The van der Waals surface area contributed by atoms with E-state index in [1.807, 2.05) is 0 Å². The summed E-state index contributed by atoms with van der Waals surface area (Å²) in [5.74, 6) is -0.302. The van der Waals surface area contributed by atoms with Gasteiger partial charge in [-0.1, -0.05) is 20.8 Å². The quantitative estimate of drug-likeness (QED) is 0.556. The first kappa shape index (κ1) is 20.3. The number of hydrogen-bond acceptors (Lipinski definition) is 5. The highest BCUT2D eigenvalue weighted by atomic mass is 16.5. The number of nitrogens with two attached hydrogens (primary N) is 1. The number of esters is 1. The van der Waals surface area contributed by atoms with Gasteiger partial charge in [-0.2, -0.15) is 0 Å². The summed E-state index contributed by atoms with van der Waals surface area (Å²) in [6, 6.07) is 0. The number of carbonyl (C=O) groups is 1. The topological polar surface area (TPSA) is 58.8 Å². The second kappa shape index (κ2) is 11.0. The van der Waals surface area contributed by atoms with Crippen LogP contribution in [0, 0.1) is 0 Å². The molecule has 0 aliphatic rings. The minimum atomic E-state index is -0.887. The van der Waals surface area contributed by atoms with Crippen molar-refractivity contribution in [2.24, 2.45) is 5.73 Å². The van der Waals surface area contributed by atoms with Gasteiger partial charge in [0.25, 0.3) is 0 Å². The van der Waals surface area contributed by atoms with Crippen molar-refractivity contribution in [2.75, 3.05) is 45.9 Å². The Labute approximate surface area is 130 Å². The van der Waals surface area contributed by atoms with E-state index in [-0.39, 0.29) is 5.97 Å². The van der Waals surface area contributed by atoms with Gasteiger partial charge in [0, 0.05) is 6.54 Å². The highest BCUT2D eigenvalue weighted by Crippen LogP contribution is 2.10. The van der Waals surface area contributed by atoms with Gasteiger partial charge in [-0.05, 0) is 59.4 Å². The van der Waals surface area contributed by atoms with Gasteiger partial charge >= 0.3 is 5.97 Å². The van der Waals surface area contributed by atoms with Crippen LogP contribution in [0.3, 0.4) is 0 Å². The Kier molecular flexibility index (Phi) is 10.6. The smallest absolute Gasteiger partial charge is 0.325 e. The molecule has 0 bridgehead atoms. The van der Waals surface area contributed by atoms with Gasteiger partial charge in [0.15, 0.2) is 0 Å². The molecule has 0 rings (SSSR count). The molecule has 1 atom stereocenters. The molecule has 0 aromatic carbocycles. The average Bonchev–Trinajstić information content (AvgIpc) is 2.47. The van der Waals surface area contributed by atoms with Gasteiger partial charge in [0.2, 0.25) is 0 Å². The summed E-state index contributed by atoms with van der Waals surface area (Å²) >= 11 is 0. The molecule has 0 amide bonds. The van der Waals surface area contributed by atoms with Crippen LogP contribution in [-0.2, 0) is 9.53 Å². The van der Waals surface area contributed by atoms with Crippen molar-refractivity contribution in [1.82, 2.24) is 9.80 Å². The van der Waals surface area contributed by atoms with Crippen LogP contribution in [0.15, 0.2) is 0 Å². The van der Waals surface area contributed by atoms with Gasteiger partial charge in [0.1, 0.15) is 5.54 Å². The lowest BCUT2D eigenvalue weighted by Crippen LogP contribution is -2.48. The Morgan fingerprint density at radius 2 is 1.52 bits per heavy atom. The molecule has 1 unspecified atom stereocenters. The molecular weight excluding hydrogens is 266 g/mol. The van der Waals surface area contributed by atoms with Crippen molar-refractivity contribution in [3.05, 3.63) is 0 Å². The number of ether oxygens (including phenoxy) is 1. The minimum Gasteiger partial charge on any atom is -0.465 e. The summed E-state index contributed by atoms with van der Waals surface area (Å²) in [7, 11) is 0. The van der Waals surface area contributed by atoms with Crippen LogP contribution in [0.25, 0.3) is 0 Å². The number of hydrogen-bond donors (Lipinski definition) is 1. The van der Waals surface area contributed by atoms with Crippen molar-refractivity contribution >= 4 is 5.97 Å². The van der Waals surface area contributed by atoms with E-state index < -0.39 is 5.54 Å². The van der Waals surface area contributed by atoms with Crippen molar-refractivity contribution in [2.45, 2.75) is 53.0 Å². The van der Waals surface area contributed by atoms with Crippen molar-refractivity contribution in [3.8, 4) is 0 Å². The summed E-state index contributed by atoms with van der Waals surface area (Å²) in [5, 5.41) is 0. The van der Waals surface area contributed by atoms with E-state index in [0.717, 1.165) is 45.7 Å². The average molecular weight is 301 g/mol. The van der Waals surface area contributed by atoms with Crippen molar-refractivity contribution in [1.29, 1.82) is 0 Å². The first-order valence-electron chi connectivity index (χ1n) is 8.31. The number of rotatable bonds is 12. The van der Waals surface area contributed by atoms with Crippen LogP contribution in [0.1, 0.15) is 47.5 Å². The van der Waals surface area contributed by atoms with E-state index in [9.17, 15) is 4.79 Å². The van der Waals surface area contributed by atoms with Crippen LogP contribution < -0.4 is 5.73 Å². The van der Waals surface area contributed by atoms with Gasteiger partial charge in [0.05, 0.1) is 6.61 Å². The Morgan fingerprint density at radius 3 is 2.00 bits per heavy atom. The Bertz CT molecular complexity index is 279. The fourth-order valence-corrected chi connectivity index (χ4v) is 2.27. The lowest BCUT2D eigenvalue weighted by molar-refractivity contribution is -0.149. The lowest BCUT2D eigenvalue weighted by Gasteiger charge is -2.27. The summed E-state index contributed by atoms with van der Waals surface area (Å²) in [4.78, 5) is 16.6. The molecule has 5 heteroatoms. The number of nitrogens with zero attached hydrogens (tertiary/aromatic N) is 2. The largest absolute Gasteiger partial charge is 0.465 e. The molecule has 126 valence electrons. The first-order valence-corrected chi connectivity index (χ1v) is 8.31. The molecule has 0 radical (unpaired) electrons. The molecule has 5 nitrogen and oxygen atoms in total. The van der Waals surface area contributed by atoms with Gasteiger partial charge in [-0.3, -0.25) is 4.79 Å².